The molecular weight excluding hydrogens is 260 g/mol. The number of hydrogen-bond acceptors (Lipinski definition) is 2. The fourth-order valence-corrected chi connectivity index (χ4v) is 2.06. The molecule has 0 aliphatic heterocycles. The summed E-state index contributed by atoms with van der Waals surface area (Å²) in [5.74, 6) is 0.733. The Balaban J connectivity index is 2.45. The van der Waals surface area contributed by atoms with Gasteiger partial charge in [-0.3, -0.25) is 0 Å². The Hall–Kier alpha value is -2.10. The molecule has 0 atom stereocenters. The van der Waals surface area contributed by atoms with Crippen LogP contribution in [0.5, 0.6) is 11.5 Å². The van der Waals surface area contributed by atoms with E-state index in [1.165, 1.54) is 12.1 Å². The molecule has 0 radical (unpaired) electrons. The molecule has 0 spiro atoms. The topological polar surface area (TPSA) is 35.2 Å². The van der Waals surface area contributed by atoms with Crippen LogP contribution in [0.4, 0.5) is 14.5 Å². The van der Waals surface area contributed by atoms with Crippen molar-refractivity contribution in [1.29, 1.82) is 0 Å². The average Bonchev–Trinajstić information content (AvgIpc) is 2.37. The second-order valence-electron chi connectivity index (χ2n) is 4.90. The summed E-state index contributed by atoms with van der Waals surface area (Å²) in [6, 6.07) is 8.15. The van der Waals surface area contributed by atoms with Gasteiger partial charge in [-0.05, 0) is 61.7 Å². The number of alkyl halides is 2. The number of hydrogen-bond donors (Lipinski definition) is 1. The van der Waals surface area contributed by atoms with E-state index in [9.17, 15) is 8.78 Å². The summed E-state index contributed by atoms with van der Waals surface area (Å²) in [5, 5.41) is 0. The molecular formula is C16H17F2NO. The molecule has 2 rings (SSSR count). The third-order valence-corrected chi connectivity index (χ3v) is 3.25. The minimum Gasteiger partial charge on any atom is -0.457 e. The van der Waals surface area contributed by atoms with Crippen LogP contribution in [0.25, 0.3) is 0 Å². The first-order valence-corrected chi connectivity index (χ1v) is 6.31. The number of benzene rings is 2. The largest absolute Gasteiger partial charge is 0.457 e. The van der Waals surface area contributed by atoms with Crippen molar-refractivity contribution in [2.45, 2.75) is 27.2 Å². The van der Waals surface area contributed by atoms with Crippen LogP contribution in [0, 0.1) is 20.8 Å². The van der Waals surface area contributed by atoms with Crippen molar-refractivity contribution >= 4 is 5.69 Å². The highest BCUT2D eigenvalue weighted by atomic mass is 19.3. The molecule has 0 saturated carbocycles. The number of ether oxygens (including phenoxy) is 1. The van der Waals surface area contributed by atoms with Crippen molar-refractivity contribution in [3.63, 3.8) is 0 Å². The molecule has 4 heteroatoms. The van der Waals surface area contributed by atoms with Gasteiger partial charge in [-0.25, -0.2) is 8.78 Å². The second kappa shape index (κ2) is 5.49. The lowest BCUT2D eigenvalue weighted by atomic mass is 10.1. The Morgan fingerprint density at radius 1 is 1.00 bits per heavy atom. The highest BCUT2D eigenvalue weighted by Gasteiger charge is 2.16. The van der Waals surface area contributed by atoms with Crippen molar-refractivity contribution in [3.8, 4) is 11.5 Å². The Morgan fingerprint density at radius 3 is 2.35 bits per heavy atom. The molecule has 106 valence electrons. The number of anilines is 1. The normalized spacial score (nSPS) is 10.9. The van der Waals surface area contributed by atoms with E-state index in [1.54, 1.807) is 6.07 Å². The smallest absolute Gasteiger partial charge is 0.267 e. The van der Waals surface area contributed by atoms with Crippen LogP contribution in [0.3, 0.4) is 0 Å². The van der Waals surface area contributed by atoms with E-state index in [-0.39, 0.29) is 11.3 Å². The van der Waals surface area contributed by atoms with Gasteiger partial charge in [0.15, 0.2) is 0 Å². The van der Waals surface area contributed by atoms with Crippen molar-refractivity contribution in [2.75, 3.05) is 5.73 Å². The zero-order valence-corrected chi connectivity index (χ0v) is 11.7. The van der Waals surface area contributed by atoms with Gasteiger partial charge >= 0.3 is 0 Å². The molecule has 0 bridgehead atoms. The first-order chi connectivity index (χ1) is 9.38. The van der Waals surface area contributed by atoms with Gasteiger partial charge in [0.25, 0.3) is 6.43 Å². The van der Waals surface area contributed by atoms with Gasteiger partial charge in [0.1, 0.15) is 11.5 Å². The summed E-state index contributed by atoms with van der Waals surface area (Å²) in [7, 11) is 0. The number of aryl methyl sites for hydroxylation is 2. The first kappa shape index (κ1) is 14.3. The van der Waals surface area contributed by atoms with Crippen LogP contribution >= 0.6 is 0 Å². The van der Waals surface area contributed by atoms with Gasteiger partial charge in [0.2, 0.25) is 0 Å². The molecule has 0 fully saturated rings. The molecule has 0 aromatic heterocycles. The van der Waals surface area contributed by atoms with Gasteiger partial charge in [0, 0.05) is 5.69 Å². The Kier molecular flexibility index (Phi) is 3.93. The van der Waals surface area contributed by atoms with Crippen LogP contribution in [0.15, 0.2) is 30.3 Å². The lowest BCUT2D eigenvalue weighted by Crippen LogP contribution is -1.97. The Bertz CT molecular complexity index is 639. The zero-order chi connectivity index (χ0) is 14.9. The predicted molar refractivity (Wildman–Crippen MR) is 76.5 cm³/mol. The van der Waals surface area contributed by atoms with Crippen LogP contribution in [-0.4, -0.2) is 0 Å². The number of nitrogens with two attached hydrogens (primary N) is 1. The van der Waals surface area contributed by atoms with E-state index in [4.69, 9.17) is 10.5 Å². The zero-order valence-electron chi connectivity index (χ0n) is 11.7. The van der Waals surface area contributed by atoms with Crippen molar-refractivity contribution in [1.82, 2.24) is 0 Å². The van der Waals surface area contributed by atoms with E-state index in [1.807, 2.05) is 32.9 Å². The molecule has 2 N–H and O–H groups in total. The molecule has 20 heavy (non-hydrogen) atoms. The summed E-state index contributed by atoms with van der Waals surface area (Å²) in [6.45, 7) is 5.81. The lowest BCUT2D eigenvalue weighted by molar-refractivity contribution is 0.148. The van der Waals surface area contributed by atoms with E-state index < -0.39 is 6.43 Å². The molecule has 2 nitrogen and oxygen atoms in total. The molecule has 0 saturated heterocycles. The van der Waals surface area contributed by atoms with Gasteiger partial charge in [-0.1, -0.05) is 6.07 Å². The molecule has 0 heterocycles. The minimum absolute atomic E-state index is 0.141. The maximum absolute atomic E-state index is 13.0. The van der Waals surface area contributed by atoms with E-state index in [0.29, 0.717) is 11.4 Å². The van der Waals surface area contributed by atoms with Gasteiger partial charge in [-0.15, -0.1) is 0 Å². The van der Waals surface area contributed by atoms with E-state index in [2.05, 4.69) is 0 Å². The molecule has 0 unspecified atom stereocenters. The summed E-state index contributed by atoms with van der Waals surface area (Å²) < 4.78 is 31.8. The second-order valence-corrected chi connectivity index (χ2v) is 4.90. The van der Waals surface area contributed by atoms with Gasteiger partial charge in [0.05, 0.1) is 5.56 Å². The van der Waals surface area contributed by atoms with Crippen molar-refractivity contribution in [2.24, 2.45) is 0 Å². The monoisotopic (exact) mass is 277 g/mol. The van der Waals surface area contributed by atoms with Crippen molar-refractivity contribution < 1.29 is 13.5 Å². The summed E-state index contributed by atoms with van der Waals surface area (Å²) in [5.41, 5.74) is 8.68. The van der Waals surface area contributed by atoms with Gasteiger partial charge < -0.3 is 10.5 Å². The molecule has 2 aromatic carbocycles. The Morgan fingerprint density at radius 2 is 1.70 bits per heavy atom. The van der Waals surface area contributed by atoms with Crippen LogP contribution in [0.2, 0.25) is 0 Å². The highest BCUT2D eigenvalue weighted by molar-refractivity contribution is 5.51. The fourth-order valence-electron chi connectivity index (χ4n) is 2.06. The number of nitrogen functional groups attached to an aromatic ring is 1. The summed E-state index contributed by atoms with van der Waals surface area (Å²) >= 11 is 0. The average molecular weight is 277 g/mol. The molecule has 0 amide bonds. The first-order valence-electron chi connectivity index (χ1n) is 6.31. The van der Waals surface area contributed by atoms with Gasteiger partial charge in [-0.2, -0.15) is 0 Å². The molecule has 2 aromatic rings. The Labute approximate surface area is 117 Å². The lowest BCUT2D eigenvalue weighted by Gasteiger charge is -2.15. The predicted octanol–water partition coefficient (Wildman–Crippen LogP) is 4.92. The van der Waals surface area contributed by atoms with Crippen LogP contribution in [-0.2, 0) is 0 Å². The summed E-state index contributed by atoms with van der Waals surface area (Å²) in [4.78, 5) is 0. The third-order valence-electron chi connectivity index (χ3n) is 3.25. The van der Waals surface area contributed by atoms with E-state index >= 15 is 0 Å². The highest BCUT2D eigenvalue weighted by Crippen LogP contribution is 2.35. The summed E-state index contributed by atoms with van der Waals surface area (Å²) in [6.07, 6.45) is -2.63. The van der Waals surface area contributed by atoms with Crippen LogP contribution in [0.1, 0.15) is 28.7 Å². The third kappa shape index (κ3) is 2.90. The standard InChI is InChI=1S/C16H17F2NO/c1-9-6-10(2)11(3)15(7-9)20-14-5-4-12(19)8-13(14)16(17)18/h4-8,16H,19H2,1-3H3. The maximum Gasteiger partial charge on any atom is 0.267 e. The molecule has 0 aliphatic rings. The van der Waals surface area contributed by atoms with E-state index in [0.717, 1.165) is 16.7 Å². The quantitative estimate of drug-likeness (QED) is 0.808. The fraction of sp³-hybridized carbons (Fsp3) is 0.250. The van der Waals surface area contributed by atoms with Crippen molar-refractivity contribution in [3.05, 3.63) is 52.6 Å². The number of rotatable bonds is 3. The molecule has 0 aliphatic carbocycles. The van der Waals surface area contributed by atoms with Crippen LogP contribution < -0.4 is 10.5 Å². The SMILES string of the molecule is Cc1cc(C)c(C)c(Oc2ccc(N)cc2C(F)F)c1. The maximum atomic E-state index is 13.0. The minimum atomic E-state index is -2.63. The number of halogens is 2.